The first-order valence-electron chi connectivity index (χ1n) is 14.1. The molecule has 1 atom stereocenters. The highest BCUT2D eigenvalue weighted by molar-refractivity contribution is 5.69. The molecule has 1 unspecified atom stereocenters. The van der Waals surface area contributed by atoms with Gasteiger partial charge in [0.2, 0.25) is 0 Å². The fourth-order valence-corrected chi connectivity index (χ4v) is 4.63. The molecule has 0 spiro atoms. The molecule has 1 fully saturated rings. The summed E-state index contributed by atoms with van der Waals surface area (Å²) in [5.41, 5.74) is 4.05. The Balaban J connectivity index is 0.00000106. The van der Waals surface area contributed by atoms with Crippen LogP contribution in [0.3, 0.4) is 0 Å². The van der Waals surface area contributed by atoms with Crippen molar-refractivity contribution in [3.63, 3.8) is 0 Å². The molecule has 0 aromatic carbocycles. The topological polar surface area (TPSA) is 97.3 Å². The number of ether oxygens (including phenoxy) is 1. The quantitative estimate of drug-likeness (QED) is 0.325. The van der Waals surface area contributed by atoms with E-state index in [4.69, 9.17) is 4.74 Å². The zero-order valence-electron chi connectivity index (χ0n) is 25.5. The van der Waals surface area contributed by atoms with Gasteiger partial charge < -0.3 is 14.5 Å². The molecule has 0 saturated carbocycles. The van der Waals surface area contributed by atoms with Crippen molar-refractivity contribution >= 4 is 22.9 Å². The van der Waals surface area contributed by atoms with Crippen LogP contribution in [0.4, 0.5) is 10.5 Å². The summed E-state index contributed by atoms with van der Waals surface area (Å²) in [6.45, 7) is 21.3. The van der Waals surface area contributed by atoms with E-state index in [9.17, 15) is 9.59 Å². The van der Waals surface area contributed by atoms with E-state index in [-0.39, 0.29) is 17.8 Å². The van der Waals surface area contributed by atoms with Crippen LogP contribution in [0, 0.1) is 13.8 Å². The van der Waals surface area contributed by atoms with Crippen LogP contribution in [0.1, 0.15) is 66.8 Å². The smallest absolute Gasteiger partial charge is 0.410 e. The lowest BCUT2D eigenvalue weighted by Gasteiger charge is -2.41. The highest BCUT2D eigenvalue weighted by Crippen LogP contribution is 2.23. The summed E-state index contributed by atoms with van der Waals surface area (Å²) in [6.07, 6.45) is 1.47. The van der Waals surface area contributed by atoms with Crippen molar-refractivity contribution < 1.29 is 9.53 Å². The number of aromatic nitrogens is 5. The maximum atomic E-state index is 13.0. The Bertz CT molecular complexity index is 1530. The first-order chi connectivity index (χ1) is 19.0. The van der Waals surface area contributed by atoms with Crippen LogP contribution < -0.4 is 10.6 Å². The molecular formula is C30H43N7O3. The van der Waals surface area contributed by atoms with E-state index in [1.165, 1.54) is 4.40 Å². The Morgan fingerprint density at radius 3 is 2.35 bits per heavy atom. The number of aryl methyl sites for hydroxylation is 2. The van der Waals surface area contributed by atoms with Crippen molar-refractivity contribution in [2.75, 3.05) is 24.5 Å². The van der Waals surface area contributed by atoms with Crippen LogP contribution in [0.5, 0.6) is 0 Å². The van der Waals surface area contributed by atoms with Gasteiger partial charge in [0.1, 0.15) is 11.2 Å². The van der Waals surface area contributed by atoms with E-state index in [1.54, 1.807) is 11.1 Å². The van der Waals surface area contributed by atoms with Gasteiger partial charge in [0, 0.05) is 43.1 Å². The van der Waals surface area contributed by atoms with E-state index in [2.05, 4.69) is 20.0 Å². The van der Waals surface area contributed by atoms with Gasteiger partial charge in [-0.15, -0.1) is 0 Å². The maximum Gasteiger partial charge on any atom is 0.410 e. The molecule has 0 N–H and O–H groups in total. The number of fused-ring (bicyclic) bond motifs is 2. The van der Waals surface area contributed by atoms with Crippen LogP contribution in [0.15, 0.2) is 41.3 Å². The number of hydrogen-bond acceptors (Lipinski definition) is 7. The number of pyridine rings is 2. The van der Waals surface area contributed by atoms with Gasteiger partial charge in [0.25, 0.3) is 0 Å². The molecule has 40 heavy (non-hydrogen) atoms. The van der Waals surface area contributed by atoms with Crippen LogP contribution in [0.25, 0.3) is 22.6 Å². The molecule has 0 bridgehead atoms. The molecule has 1 aliphatic heterocycles. The summed E-state index contributed by atoms with van der Waals surface area (Å²) >= 11 is 0. The Labute approximate surface area is 236 Å². The van der Waals surface area contributed by atoms with Crippen molar-refractivity contribution in [1.29, 1.82) is 0 Å². The lowest BCUT2D eigenvalue weighted by Crippen LogP contribution is -2.55. The Morgan fingerprint density at radius 1 is 1.00 bits per heavy atom. The van der Waals surface area contributed by atoms with E-state index in [0.29, 0.717) is 31.1 Å². The first kappa shape index (κ1) is 30.6. The van der Waals surface area contributed by atoms with E-state index < -0.39 is 5.60 Å². The fraction of sp³-hybridized carbons (Fsp3) is 0.500. The average molecular weight is 550 g/mol. The molecular weight excluding hydrogens is 506 g/mol. The Kier molecular flexibility index (Phi) is 9.55. The molecule has 1 amide bonds. The van der Waals surface area contributed by atoms with Crippen molar-refractivity contribution in [1.82, 2.24) is 28.9 Å². The van der Waals surface area contributed by atoms with Gasteiger partial charge in [-0.2, -0.15) is 10.1 Å². The minimum atomic E-state index is -0.533. The number of nitrogens with zero attached hydrogens (tertiary/aromatic N) is 7. The third-order valence-electron chi connectivity index (χ3n) is 6.28. The number of piperazine rings is 1. The SMILES string of the molecule is CC.CC.Cc1cc2cc(-c3nc(=O)n4cc(N5CCN(C(=O)OC(C)(C)C)C(C)C5)ccc4n3)cc(C)n2n1. The van der Waals surface area contributed by atoms with E-state index in [1.807, 2.05) is 104 Å². The van der Waals surface area contributed by atoms with Crippen LogP contribution >= 0.6 is 0 Å². The average Bonchev–Trinajstić information content (AvgIpc) is 3.30. The molecule has 10 nitrogen and oxygen atoms in total. The van der Waals surface area contributed by atoms with Gasteiger partial charge in [-0.25, -0.2) is 23.5 Å². The minimum Gasteiger partial charge on any atom is -0.444 e. The standard InChI is InChI=1S/C26H31N7O3.2C2H6/c1-16-11-21-13-19(12-17(2)33(21)29-16)23-27-22-8-7-20(15-32(22)24(34)28-23)30-9-10-31(18(3)14-30)25(35)36-26(4,5)6;2*1-2/h7-8,11-13,15,18H,9-10,14H2,1-6H3;2*1-2H3. The Morgan fingerprint density at radius 2 is 1.70 bits per heavy atom. The molecule has 5 heterocycles. The summed E-state index contributed by atoms with van der Waals surface area (Å²) in [5.74, 6) is 0.386. The molecule has 4 aromatic rings. The normalized spacial score (nSPS) is 15.3. The highest BCUT2D eigenvalue weighted by atomic mass is 16.6. The van der Waals surface area contributed by atoms with E-state index >= 15 is 0 Å². The predicted octanol–water partition coefficient (Wildman–Crippen LogP) is 5.52. The molecule has 1 saturated heterocycles. The molecule has 1 aliphatic rings. The molecule has 5 rings (SSSR count). The summed E-state index contributed by atoms with van der Waals surface area (Å²) in [7, 11) is 0. The van der Waals surface area contributed by atoms with Crippen molar-refractivity contribution in [2.24, 2.45) is 0 Å². The predicted molar refractivity (Wildman–Crippen MR) is 160 cm³/mol. The number of amides is 1. The molecule has 10 heteroatoms. The lowest BCUT2D eigenvalue weighted by molar-refractivity contribution is 0.0159. The van der Waals surface area contributed by atoms with Gasteiger partial charge in [-0.3, -0.25) is 0 Å². The molecule has 4 aromatic heterocycles. The molecule has 216 valence electrons. The molecule has 0 aliphatic carbocycles. The van der Waals surface area contributed by atoms with Gasteiger partial charge in [-0.05, 0) is 71.9 Å². The number of hydrogen-bond donors (Lipinski definition) is 0. The minimum absolute atomic E-state index is 0.0371. The number of anilines is 1. The first-order valence-corrected chi connectivity index (χ1v) is 14.1. The summed E-state index contributed by atoms with van der Waals surface area (Å²) < 4.78 is 8.88. The van der Waals surface area contributed by atoms with Crippen molar-refractivity contribution in [3.8, 4) is 11.4 Å². The van der Waals surface area contributed by atoms with Gasteiger partial charge >= 0.3 is 11.8 Å². The van der Waals surface area contributed by atoms with E-state index in [0.717, 1.165) is 28.2 Å². The third kappa shape index (κ3) is 6.60. The second-order valence-electron chi connectivity index (χ2n) is 10.4. The monoisotopic (exact) mass is 549 g/mol. The van der Waals surface area contributed by atoms with Crippen molar-refractivity contribution in [2.45, 2.75) is 80.9 Å². The maximum absolute atomic E-state index is 13.0. The summed E-state index contributed by atoms with van der Waals surface area (Å²) in [4.78, 5) is 38.4. The fourth-order valence-electron chi connectivity index (χ4n) is 4.63. The third-order valence-corrected chi connectivity index (χ3v) is 6.28. The zero-order valence-corrected chi connectivity index (χ0v) is 25.5. The molecule has 0 radical (unpaired) electrons. The Hall–Kier alpha value is -3.95. The van der Waals surface area contributed by atoms with Gasteiger partial charge in [-0.1, -0.05) is 27.7 Å². The second-order valence-corrected chi connectivity index (χ2v) is 10.4. The van der Waals surface area contributed by atoms with Crippen molar-refractivity contribution in [3.05, 3.63) is 58.4 Å². The number of carbonyl (C=O) groups is 1. The summed E-state index contributed by atoms with van der Waals surface area (Å²) in [5, 5.41) is 4.48. The van der Waals surface area contributed by atoms with Gasteiger partial charge in [0.15, 0.2) is 5.82 Å². The number of rotatable bonds is 2. The largest absolute Gasteiger partial charge is 0.444 e. The second kappa shape index (κ2) is 12.5. The highest BCUT2D eigenvalue weighted by Gasteiger charge is 2.31. The van der Waals surface area contributed by atoms with Crippen LogP contribution in [-0.4, -0.2) is 66.3 Å². The summed E-state index contributed by atoms with van der Waals surface area (Å²) in [6, 6.07) is 9.62. The number of carbonyl (C=O) groups excluding carboxylic acids is 1. The van der Waals surface area contributed by atoms with Gasteiger partial charge in [0.05, 0.1) is 16.9 Å². The van der Waals surface area contributed by atoms with Crippen LogP contribution in [0.2, 0.25) is 0 Å². The lowest BCUT2D eigenvalue weighted by atomic mass is 10.1. The van der Waals surface area contributed by atoms with Crippen LogP contribution in [-0.2, 0) is 4.74 Å². The zero-order chi connectivity index (χ0) is 29.8.